The molecule has 2 aromatic carbocycles. The predicted octanol–water partition coefficient (Wildman–Crippen LogP) is 3.00. The maximum atomic E-state index is 9.00. The Balaban J connectivity index is 1.75. The Morgan fingerprint density at radius 3 is 2.41 bits per heavy atom. The molecule has 0 fully saturated rings. The van der Waals surface area contributed by atoms with E-state index in [0.29, 0.717) is 11.4 Å². The van der Waals surface area contributed by atoms with Gasteiger partial charge < -0.3 is 15.9 Å². The summed E-state index contributed by atoms with van der Waals surface area (Å²) in [4.78, 5) is 1.13. The number of nitrogen functional groups attached to an aromatic ring is 1. The molecule has 108 valence electrons. The molecule has 3 rings (SSSR count). The maximum Gasteiger partial charge on any atom is 0.169 e. The van der Waals surface area contributed by atoms with Gasteiger partial charge in [-0.05, 0) is 36.4 Å². The molecule has 1 heterocycles. The molecular formula is C16H13N5O. The number of nitriles is 1. The van der Waals surface area contributed by atoms with Gasteiger partial charge in [-0.1, -0.05) is 18.2 Å². The summed E-state index contributed by atoms with van der Waals surface area (Å²) in [7, 11) is 0. The number of para-hydroxylation sites is 1. The molecule has 1 aromatic heterocycles. The first-order valence-corrected chi connectivity index (χ1v) is 6.59. The summed E-state index contributed by atoms with van der Waals surface area (Å²) >= 11 is 0. The molecule has 0 amide bonds. The first kappa shape index (κ1) is 13.5. The Kier molecular flexibility index (Phi) is 3.62. The highest BCUT2D eigenvalue weighted by atomic mass is 16.5. The summed E-state index contributed by atoms with van der Waals surface area (Å²) < 4.78 is 5.71. The van der Waals surface area contributed by atoms with E-state index in [9.17, 15) is 0 Å². The van der Waals surface area contributed by atoms with E-state index in [1.165, 1.54) is 6.20 Å². The zero-order chi connectivity index (χ0) is 15.4. The van der Waals surface area contributed by atoms with Crippen molar-refractivity contribution in [1.29, 1.82) is 5.26 Å². The monoisotopic (exact) mass is 291 g/mol. The van der Waals surface area contributed by atoms with E-state index in [0.717, 1.165) is 22.0 Å². The fraction of sp³-hybridized carbons (Fsp3) is 0. The molecule has 0 spiro atoms. The fourth-order valence-corrected chi connectivity index (χ4v) is 1.94. The lowest BCUT2D eigenvalue weighted by Crippen LogP contribution is -2.13. The van der Waals surface area contributed by atoms with Crippen LogP contribution in [0.4, 0.5) is 11.5 Å². The van der Waals surface area contributed by atoms with Crippen LogP contribution in [-0.2, 0) is 0 Å². The summed E-state index contributed by atoms with van der Waals surface area (Å²) in [5.41, 5.74) is 1.16. The topological polar surface area (TPSA) is 88.9 Å². The van der Waals surface area contributed by atoms with Crippen LogP contribution in [0.2, 0.25) is 0 Å². The Hall–Kier alpha value is -3.46. The van der Waals surface area contributed by atoms with Gasteiger partial charge in [-0.2, -0.15) is 15.2 Å². The molecule has 3 N–H and O–H groups in total. The van der Waals surface area contributed by atoms with Crippen molar-refractivity contribution < 1.29 is 4.74 Å². The van der Waals surface area contributed by atoms with Crippen molar-refractivity contribution in [1.82, 2.24) is 9.89 Å². The van der Waals surface area contributed by atoms with Crippen molar-refractivity contribution in [3.63, 3.8) is 0 Å². The van der Waals surface area contributed by atoms with Crippen LogP contribution in [0.1, 0.15) is 5.56 Å². The molecule has 0 saturated carbocycles. The molecule has 0 radical (unpaired) electrons. The van der Waals surface area contributed by atoms with Crippen molar-refractivity contribution in [2.45, 2.75) is 0 Å². The number of nitrogens with zero attached hydrogens (tertiary/aromatic N) is 3. The van der Waals surface area contributed by atoms with Crippen LogP contribution in [0.15, 0.2) is 60.8 Å². The molecule has 6 nitrogen and oxygen atoms in total. The summed E-state index contributed by atoms with van der Waals surface area (Å²) in [5.74, 6) is 7.60. The Morgan fingerprint density at radius 1 is 1.05 bits per heavy atom. The van der Waals surface area contributed by atoms with Crippen molar-refractivity contribution in [2.24, 2.45) is 0 Å². The lowest BCUT2D eigenvalue weighted by atomic mass is 10.3. The van der Waals surface area contributed by atoms with Crippen LogP contribution >= 0.6 is 0 Å². The molecule has 0 aliphatic carbocycles. The van der Waals surface area contributed by atoms with Gasteiger partial charge in [0.2, 0.25) is 0 Å². The summed E-state index contributed by atoms with van der Waals surface area (Å²) in [6.45, 7) is 0. The van der Waals surface area contributed by atoms with E-state index in [-0.39, 0.29) is 0 Å². The van der Waals surface area contributed by atoms with Gasteiger partial charge in [0.25, 0.3) is 0 Å². The first-order valence-electron chi connectivity index (χ1n) is 6.59. The molecule has 0 unspecified atom stereocenters. The van der Waals surface area contributed by atoms with Gasteiger partial charge in [0, 0.05) is 5.69 Å². The second-order valence-corrected chi connectivity index (χ2v) is 4.53. The molecular weight excluding hydrogens is 278 g/mol. The number of ether oxygens (including phenoxy) is 1. The predicted molar refractivity (Wildman–Crippen MR) is 83.3 cm³/mol. The molecule has 0 bridgehead atoms. The smallest absolute Gasteiger partial charge is 0.169 e. The molecule has 0 aliphatic rings. The zero-order valence-corrected chi connectivity index (χ0v) is 11.6. The fourth-order valence-electron chi connectivity index (χ4n) is 1.94. The van der Waals surface area contributed by atoms with Crippen LogP contribution in [0.3, 0.4) is 0 Å². The quantitative estimate of drug-likeness (QED) is 0.721. The Morgan fingerprint density at radius 2 is 1.73 bits per heavy atom. The molecule has 0 atom stereocenters. The van der Waals surface area contributed by atoms with Gasteiger partial charge >= 0.3 is 0 Å². The highest BCUT2D eigenvalue weighted by Crippen LogP contribution is 2.24. The molecule has 6 heteroatoms. The van der Waals surface area contributed by atoms with Gasteiger partial charge in [0.15, 0.2) is 5.82 Å². The van der Waals surface area contributed by atoms with Crippen LogP contribution in [0.5, 0.6) is 11.5 Å². The average molecular weight is 291 g/mol. The number of hydrogen-bond donors (Lipinski definition) is 2. The number of benzene rings is 2. The van der Waals surface area contributed by atoms with E-state index in [1.807, 2.05) is 60.7 Å². The molecule has 0 saturated heterocycles. The van der Waals surface area contributed by atoms with Crippen LogP contribution in [-0.4, -0.2) is 9.89 Å². The SMILES string of the molecule is N#Cc1cnn(N)c1Nc1ccc(Oc2ccccc2)cc1. The summed E-state index contributed by atoms with van der Waals surface area (Å²) in [5, 5.41) is 15.9. The Bertz CT molecular complexity index is 803. The number of nitrogens with one attached hydrogen (secondary N) is 1. The number of hydrogen-bond acceptors (Lipinski definition) is 5. The minimum Gasteiger partial charge on any atom is -0.457 e. The van der Waals surface area contributed by atoms with E-state index in [2.05, 4.69) is 10.4 Å². The van der Waals surface area contributed by atoms with Gasteiger partial charge in [0.05, 0.1) is 6.20 Å². The lowest BCUT2D eigenvalue weighted by molar-refractivity contribution is 0.483. The van der Waals surface area contributed by atoms with Gasteiger partial charge in [0.1, 0.15) is 23.1 Å². The highest BCUT2D eigenvalue weighted by molar-refractivity contribution is 5.63. The lowest BCUT2D eigenvalue weighted by Gasteiger charge is -2.09. The zero-order valence-electron chi connectivity index (χ0n) is 11.6. The summed E-state index contributed by atoms with van der Waals surface area (Å²) in [6, 6.07) is 18.9. The largest absolute Gasteiger partial charge is 0.457 e. The maximum absolute atomic E-state index is 9.00. The molecule has 22 heavy (non-hydrogen) atoms. The van der Waals surface area contributed by atoms with Crippen molar-refractivity contribution >= 4 is 11.5 Å². The van der Waals surface area contributed by atoms with E-state index in [1.54, 1.807) is 0 Å². The van der Waals surface area contributed by atoms with Gasteiger partial charge in [-0.3, -0.25) is 0 Å². The Labute approximate surface area is 127 Å². The first-order chi connectivity index (χ1) is 10.8. The molecule has 0 aliphatic heterocycles. The van der Waals surface area contributed by atoms with Gasteiger partial charge in [-0.15, -0.1) is 0 Å². The second-order valence-electron chi connectivity index (χ2n) is 4.53. The average Bonchev–Trinajstić information content (AvgIpc) is 2.90. The van der Waals surface area contributed by atoms with Crippen molar-refractivity contribution in [3.05, 3.63) is 66.4 Å². The normalized spacial score (nSPS) is 9.95. The second kappa shape index (κ2) is 5.89. The minimum absolute atomic E-state index is 0.382. The number of aromatic nitrogens is 2. The van der Waals surface area contributed by atoms with Crippen molar-refractivity contribution in [2.75, 3.05) is 11.2 Å². The number of rotatable bonds is 4. The van der Waals surface area contributed by atoms with E-state index >= 15 is 0 Å². The minimum atomic E-state index is 0.382. The standard InChI is InChI=1S/C16H13N5O/c17-10-12-11-19-21(18)16(12)20-13-6-8-15(9-7-13)22-14-4-2-1-3-5-14/h1-9,11,20H,18H2. The van der Waals surface area contributed by atoms with E-state index < -0.39 is 0 Å². The number of nitrogens with two attached hydrogens (primary N) is 1. The third kappa shape index (κ3) is 2.83. The van der Waals surface area contributed by atoms with Gasteiger partial charge in [-0.25, -0.2) is 0 Å². The van der Waals surface area contributed by atoms with E-state index in [4.69, 9.17) is 15.8 Å². The number of anilines is 2. The van der Waals surface area contributed by atoms with Crippen LogP contribution in [0.25, 0.3) is 0 Å². The van der Waals surface area contributed by atoms with Crippen LogP contribution < -0.4 is 15.9 Å². The molecule has 3 aromatic rings. The third-order valence-corrected chi connectivity index (χ3v) is 3.01. The summed E-state index contributed by atoms with van der Waals surface area (Å²) in [6.07, 6.45) is 1.41. The third-order valence-electron chi connectivity index (χ3n) is 3.01. The van der Waals surface area contributed by atoms with Crippen LogP contribution in [0, 0.1) is 11.3 Å². The highest BCUT2D eigenvalue weighted by Gasteiger charge is 2.08. The van der Waals surface area contributed by atoms with Crippen molar-refractivity contribution in [3.8, 4) is 17.6 Å².